The lowest BCUT2D eigenvalue weighted by Gasteiger charge is -2.26. The first-order valence-corrected chi connectivity index (χ1v) is 3.55. The quantitative estimate of drug-likeness (QED) is 0.466. The summed E-state index contributed by atoms with van der Waals surface area (Å²) >= 11 is 0. The van der Waals surface area contributed by atoms with Crippen molar-refractivity contribution < 1.29 is 19.4 Å². The van der Waals surface area contributed by atoms with Crippen molar-refractivity contribution >= 4 is 5.97 Å². The number of hydroxylamine groups is 3. The van der Waals surface area contributed by atoms with E-state index >= 15 is 0 Å². The molecule has 11 heavy (non-hydrogen) atoms. The van der Waals surface area contributed by atoms with Crippen molar-refractivity contribution in [2.24, 2.45) is 0 Å². The fraction of sp³-hybridized carbons (Fsp3) is 0.857. The first-order chi connectivity index (χ1) is 4.83. The standard InChI is InChI=1S/C7H16NO3/c1-6(9)5-8(3,4)11-7(2)10/h6,9H,5H2,1-4H3/q+1. The highest BCUT2D eigenvalue weighted by Gasteiger charge is 2.21. The summed E-state index contributed by atoms with van der Waals surface area (Å²) in [5.41, 5.74) is 0. The van der Waals surface area contributed by atoms with Crippen LogP contribution in [0.3, 0.4) is 0 Å². The molecule has 1 N–H and O–H groups in total. The first-order valence-electron chi connectivity index (χ1n) is 3.55. The number of carbonyl (C=O) groups is 1. The lowest BCUT2D eigenvalue weighted by Crippen LogP contribution is -2.45. The number of rotatable bonds is 3. The summed E-state index contributed by atoms with van der Waals surface area (Å²) in [6, 6.07) is 0. The first kappa shape index (κ1) is 10.4. The molecule has 0 aromatic rings. The van der Waals surface area contributed by atoms with E-state index in [1.807, 2.05) is 0 Å². The van der Waals surface area contributed by atoms with Crippen LogP contribution in [0, 0.1) is 0 Å². The highest BCUT2D eigenvalue weighted by atomic mass is 16.7. The van der Waals surface area contributed by atoms with Gasteiger partial charge in [-0.3, -0.25) is 4.84 Å². The Morgan fingerprint density at radius 3 is 2.36 bits per heavy atom. The maximum Gasteiger partial charge on any atom is 0.363 e. The van der Waals surface area contributed by atoms with Gasteiger partial charge < -0.3 is 5.11 Å². The molecule has 0 aliphatic heterocycles. The van der Waals surface area contributed by atoms with E-state index in [0.717, 1.165) is 0 Å². The Labute approximate surface area is 66.9 Å². The van der Waals surface area contributed by atoms with Gasteiger partial charge in [0.25, 0.3) is 0 Å². The number of aliphatic hydroxyl groups is 1. The van der Waals surface area contributed by atoms with Gasteiger partial charge in [-0.2, -0.15) is 0 Å². The molecular formula is C7H16NO3+. The molecule has 4 nitrogen and oxygen atoms in total. The van der Waals surface area contributed by atoms with E-state index in [-0.39, 0.29) is 10.6 Å². The normalized spacial score (nSPS) is 14.3. The smallest absolute Gasteiger partial charge is 0.363 e. The predicted octanol–water partition coefficient (Wildman–Crippen LogP) is -0.0783. The number of hydrogen-bond acceptors (Lipinski definition) is 3. The monoisotopic (exact) mass is 162 g/mol. The summed E-state index contributed by atoms with van der Waals surface area (Å²) in [4.78, 5) is 15.4. The zero-order chi connectivity index (χ0) is 9.07. The van der Waals surface area contributed by atoms with Gasteiger partial charge in [-0.05, 0) is 6.92 Å². The second-order valence-corrected chi connectivity index (χ2v) is 3.19. The number of nitrogens with zero attached hydrogens (tertiary/aromatic N) is 1. The molecule has 0 saturated carbocycles. The molecule has 0 aromatic heterocycles. The highest BCUT2D eigenvalue weighted by molar-refractivity contribution is 5.65. The number of aliphatic hydroxyl groups excluding tert-OH is 1. The molecule has 66 valence electrons. The minimum atomic E-state index is -0.468. The van der Waals surface area contributed by atoms with Gasteiger partial charge in [-0.1, -0.05) is 0 Å². The molecule has 0 spiro atoms. The van der Waals surface area contributed by atoms with Crippen molar-refractivity contribution in [3.8, 4) is 0 Å². The van der Waals surface area contributed by atoms with Gasteiger partial charge in [0.1, 0.15) is 26.7 Å². The van der Waals surface area contributed by atoms with Crippen molar-refractivity contribution in [3.63, 3.8) is 0 Å². The average Bonchev–Trinajstić information content (AvgIpc) is 1.53. The van der Waals surface area contributed by atoms with Crippen LogP contribution in [0.4, 0.5) is 0 Å². The van der Waals surface area contributed by atoms with Gasteiger partial charge in [0.15, 0.2) is 0 Å². The van der Waals surface area contributed by atoms with Gasteiger partial charge >= 0.3 is 5.97 Å². The molecule has 1 unspecified atom stereocenters. The fourth-order valence-electron chi connectivity index (χ4n) is 1.02. The van der Waals surface area contributed by atoms with E-state index in [1.54, 1.807) is 21.0 Å². The summed E-state index contributed by atoms with van der Waals surface area (Å²) in [5.74, 6) is -0.337. The summed E-state index contributed by atoms with van der Waals surface area (Å²) in [5, 5.41) is 8.99. The van der Waals surface area contributed by atoms with Crippen LogP contribution in [0.15, 0.2) is 0 Å². The van der Waals surface area contributed by atoms with Crippen LogP contribution < -0.4 is 0 Å². The topological polar surface area (TPSA) is 46.5 Å². The van der Waals surface area contributed by atoms with E-state index in [4.69, 9.17) is 9.94 Å². The number of carbonyl (C=O) groups excluding carboxylic acids is 1. The Bertz CT molecular complexity index is 143. The van der Waals surface area contributed by atoms with Crippen LogP contribution in [0.2, 0.25) is 0 Å². The Kier molecular flexibility index (Phi) is 3.48. The lowest BCUT2D eigenvalue weighted by atomic mass is 10.4. The van der Waals surface area contributed by atoms with Crippen LogP contribution in [0.1, 0.15) is 13.8 Å². The lowest BCUT2D eigenvalue weighted by molar-refractivity contribution is -1.06. The molecule has 0 heterocycles. The number of hydrogen-bond donors (Lipinski definition) is 1. The molecule has 4 heteroatoms. The van der Waals surface area contributed by atoms with Crippen LogP contribution in [0.25, 0.3) is 0 Å². The largest absolute Gasteiger partial charge is 0.387 e. The van der Waals surface area contributed by atoms with Gasteiger partial charge in [-0.25, -0.2) is 4.79 Å². The summed E-state index contributed by atoms with van der Waals surface area (Å²) in [6.45, 7) is 3.41. The SMILES string of the molecule is CC(=O)O[N+](C)(C)CC(C)O. The maximum absolute atomic E-state index is 10.5. The molecule has 0 bridgehead atoms. The Morgan fingerprint density at radius 2 is 2.09 bits per heavy atom. The number of quaternary nitrogens is 1. The maximum atomic E-state index is 10.5. The number of likely N-dealkylation sites (N-methyl/N-ethyl adjacent to an activating group) is 1. The van der Waals surface area contributed by atoms with Crippen molar-refractivity contribution in [1.82, 2.24) is 0 Å². The summed E-state index contributed by atoms with van der Waals surface area (Å²) in [7, 11) is 3.43. The fourth-order valence-corrected chi connectivity index (χ4v) is 1.02. The van der Waals surface area contributed by atoms with Crippen molar-refractivity contribution in [2.45, 2.75) is 20.0 Å². The predicted molar refractivity (Wildman–Crippen MR) is 40.4 cm³/mol. The second-order valence-electron chi connectivity index (χ2n) is 3.19. The molecule has 0 radical (unpaired) electrons. The third kappa shape index (κ3) is 5.82. The van der Waals surface area contributed by atoms with Crippen LogP contribution >= 0.6 is 0 Å². The van der Waals surface area contributed by atoms with Crippen LogP contribution in [-0.2, 0) is 9.63 Å². The third-order valence-corrected chi connectivity index (χ3v) is 1.08. The van der Waals surface area contributed by atoms with Crippen LogP contribution in [0.5, 0.6) is 0 Å². The Morgan fingerprint density at radius 1 is 1.64 bits per heavy atom. The molecule has 0 saturated heterocycles. The van der Waals surface area contributed by atoms with E-state index in [2.05, 4.69) is 0 Å². The molecule has 0 aromatic carbocycles. The minimum Gasteiger partial charge on any atom is -0.387 e. The molecule has 0 aliphatic rings. The zero-order valence-electron chi connectivity index (χ0n) is 7.50. The van der Waals surface area contributed by atoms with E-state index in [1.165, 1.54) is 6.92 Å². The molecule has 0 rings (SSSR count). The van der Waals surface area contributed by atoms with Crippen molar-refractivity contribution in [2.75, 3.05) is 20.6 Å². The minimum absolute atomic E-state index is 0.0625. The Balaban J connectivity index is 3.89. The van der Waals surface area contributed by atoms with Gasteiger partial charge in [0.05, 0.1) is 0 Å². The summed E-state index contributed by atoms with van der Waals surface area (Å²) < 4.78 is 0.0625. The van der Waals surface area contributed by atoms with Crippen LogP contribution in [-0.4, -0.2) is 42.5 Å². The molecule has 1 atom stereocenters. The zero-order valence-corrected chi connectivity index (χ0v) is 7.50. The second kappa shape index (κ2) is 3.69. The van der Waals surface area contributed by atoms with E-state index in [0.29, 0.717) is 6.54 Å². The third-order valence-electron chi connectivity index (χ3n) is 1.08. The highest BCUT2D eigenvalue weighted by Crippen LogP contribution is 2.01. The molecular weight excluding hydrogens is 146 g/mol. The van der Waals surface area contributed by atoms with E-state index < -0.39 is 6.10 Å². The van der Waals surface area contributed by atoms with Gasteiger partial charge in [0.2, 0.25) is 0 Å². The van der Waals surface area contributed by atoms with Gasteiger partial charge in [0, 0.05) is 6.92 Å². The average molecular weight is 162 g/mol. The van der Waals surface area contributed by atoms with E-state index in [9.17, 15) is 4.79 Å². The molecule has 0 amide bonds. The molecule has 0 aliphatic carbocycles. The summed E-state index contributed by atoms with van der Waals surface area (Å²) in [6.07, 6.45) is -0.468. The Hall–Kier alpha value is -0.610. The van der Waals surface area contributed by atoms with Crippen molar-refractivity contribution in [3.05, 3.63) is 0 Å². The van der Waals surface area contributed by atoms with Gasteiger partial charge in [-0.15, -0.1) is 4.65 Å². The molecule has 0 fully saturated rings. The van der Waals surface area contributed by atoms with Crippen molar-refractivity contribution in [1.29, 1.82) is 0 Å².